The van der Waals surface area contributed by atoms with E-state index in [1.165, 1.54) is 135 Å². The molecule has 0 aromatic carbocycles. The first-order chi connectivity index (χ1) is 39.6. The van der Waals surface area contributed by atoms with Crippen molar-refractivity contribution in [2.24, 2.45) is 0 Å². The predicted octanol–water partition coefficient (Wildman–Crippen LogP) is 18.9. The van der Waals surface area contributed by atoms with Crippen LogP contribution in [-0.2, 0) is 33.3 Å². The van der Waals surface area contributed by atoms with Crippen molar-refractivity contribution in [3.63, 3.8) is 0 Å². The van der Waals surface area contributed by atoms with Crippen molar-refractivity contribution in [1.29, 1.82) is 0 Å². The highest BCUT2D eigenvalue weighted by Crippen LogP contribution is 2.17. The lowest BCUT2D eigenvalue weighted by atomic mass is 10.0. The normalized spacial score (nSPS) is 13.4. The van der Waals surface area contributed by atoms with Crippen molar-refractivity contribution in [3.05, 3.63) is 109 Å². The van der Waals surface area contributed by atoms with Crippen molar-refractivity contribution in [2.45, 2.75) is 283 Å². The molecule has 81 heavy (non-hydrogen) atoms. The van der Waals surface area contributed by atoms with Crippen LogP contribution >= 0.6 is 0 Å². The number of quaternary nitrogens is 1. The first-order valence-electron chi connectivity index (χ1n) is 33.0. The molecule has 0 aliphatic rings. The van der Waals surface area contributed by atoms with Gasteiger partial charge in [-0.15, -0.1) is 0 Å². The minimum atomic E-state index is -1.63. The van der Waals surface area contributed by atoms with Gasteiger partial charge in [0.15, 0.2) is 12.4 Å². The SMILES string of the molecule is CC/C=C\C/C=C\C/C=C\C/C=C\C/C=C\C/C=C\CCCCCCCCCCCCCCCCCCCCC(=O)OC(COC(=O)CCCCCCCC/C=C\C/C=C\C/C=C\CCCCC)COC(OCC[N+](C)(C)C)C(=O)[O-]. The van der Waals surface area contributed by atoms with Gasteiger partial charge in [0.05, 0.1) is 40.3 Å². The Morgan fingerprint density at radius 2 is 0.704 bits per heavy atom. The maximum absolute atomic E-state index is 12.9. The van der Waals surface area contributed by atoms with Gasteiger partial charge in [0.1, 0.15) is 13.2 Å². The summed E-state index contributed by atoms with van der Waals surface area (Å²) in [5.41, 5.74) is 0. The molecule has 0 aromatic rings. The molecule has 0 heterocycles. The number of carbonyl (C=O) groups is 3. The summed E-state index contributed by atoms with van der Waals surface area (Å²) in [7, 11) is 5.92. The van der Waals surface area contributed by atoms with Crippen LogP contribution in [0.25, 0.3) is 0 Å². The maximum atomic E-state index is 12.9. The molecule has 0 saturated heterocycles. The average molecular weight is 1130 g/mol. The average Bonchev–Trinajstić information content (AvgIpc) is 3.44. The van der Waals surface area contributed by atoms with Crippen molar-refractivity contribution in [2.75, 3.05) is 47.5 Å². The summed E-state index contributed by atoms with van der Waals surface area (Å²) in [6.45, 7) is 4.60. The Bertz CT molecular complexity index is 1700. The fourth-order valence-electron chi connectivity index (χ4n) is 8.96. The standard InChI is InChI=1S/C72H123NO8/c1-6-8-10-12-14-16-18-20-22-24-26-27-28-29-30-31-32-33-34-35-36-37-38-39-40-41-42-43-45-47-49-51-53-55-57-59-61-63-70(75)81-68(67-80-72(71(76)77)78-65-64-73(3,4)5)66-79-69(74)62-60-58-56-54-52-50-48-46-44-25-23-21-19-17-15-13-11-9-7-2/h8,10,14-17,20-23,26-27,29-30,32-33,44,46,68,72H,6-7,9,11-13,18-19,24-25,28,31,34-43,45,47-67H2,1-5H3/b10-8-,16-14-,17-15-,22-20-,23-21-,27-26-,30-29-,33-32-,46-44-. The molecule has 0 aliphatic heterocycles. The minimum Gasteiger partial charge on any atom is -0.545 e. The highest BCUT2D eigenvalue weighted by atomic mass is 16.7. The molecular formula is C72H123NO8. The van der Waals surface area contributed by atoms with Gasteiger partial charge in [-0.1, -0.05) is 264 Å². The summed E-state index contributed by atoms with van der Waals surface area (Å²) < 4.78 is 22.7. The fraction of sp³-hybridized carbons (Fsp3) is 0.708. The number of likely N-dealkylation sites (N-methyl/N-ethyl adjacent to an activating group) is 1. The van der Waals surface area contributed by atoms with Gasteiger partial charge < -0.3 is 33.3 Å². The van der Waals surface area contributed by atoms with Gasteiger partial charge in [0.2, 0.25) is 0 Å². The molecule has 2 atom stereocenters. The van der Waals surface area contributed by atoms with Crippen LogP contribution in [0.1, 0.15) is 271 Å². The quantitative estimate of drug-likeness (QED) is 0.0195. The van der Waals surface area contributed by atoms with Crippen LogP contribution in [-0.4, -0.2) is 82.3 Å². The number of ether oxygens (including phenoxy) is 4. The van der Waals surface area contributed by atoms with Gasteiger partial charge in [0.25, 0.3) is 0 Å². The lowest BCUT2D eigenvalue weighted by Crippen LogP contribution is -2.44. The van der Waals surface area contributed by atoms with E-state index in [1.54, 1.807) is 0 Å². The maximum Gasteiger partial charge on any atom is 0.306 e. The number of aliphatic carboxylic acids is 1. The van der Waals surface area contributed by atoms with Crippen LogP contribution < -0.4 is 5.11 Å². The lowest BCUT2D eigenvalue weighted by Gasteiger charge is -2.26. The fourth-order valence-corrected chi connectivity index (χ4v) is 8.96. The molecule has 0 fully saturated rings. The van der Waals surface area contributed by atoms with Gasteiger partial charge in [-0.3, -0.25) is 9.59 Å². The van der Waals surface area contributed by atoms with Gasteiger partial charge in [0, 0.05) is 12.8 Å². The van der Waals surface area contributed by atoms with E-state index < -0.39 is 24.3 Å². The van der Waals surface area contributed by atoms with Crippen LogP contribution in [0.5, 0.6) is 0 Å². The van der Waals surface area contributed by atoms with Crippen LogP contribution in [0.4, 0.5) is 0 Å². The number of carboxylic acids is 1. The second kappa shape index (κ2) is 62.0. The first kappa shape index (κ1) is 77.0. The van der Waals surface area contributed by atoms with Crippen molar-refractivity contribution in [1.82, 2.24) is 0 Å². The second-order valence-corrected chi connectivity index (χ2v) is 23.0. The molecule has 9 heteroatoms. The Morgan fingerprint density at radius 1 is 0.383 bits per heavy atom. The summed E-state index contributed by atoms with van der Waals surface area (Å²) in [6.07, 6.45) is 83.0. The van der Waals surface area contributed by atoms with E-state index in [4.69, 9.17) is 18.9 Å². The van der Waals surface area contributed by atoms with Gasteiger partial charge in [-0.05, 0) is 103 Å². The number of esters is 2. The molecule has 464 valence electrons. The number of rotatable bonds is 60. The van der Waals surface area contributed by atoms with Crippen molar-refractivity contribution in [3.8, 4) is 0 Å². The summed E-state index contributed by atoms with van der Waals surface area (Å²) in [6, 6.07) is 0. The van der Waals surface area contributed by atoms with E-state index in [2.05, 4.69) is 123 Å². The smallest absolute Gasteiger partial charge is 0.306 e. The molecule has 0 aromatic heterocycles. The van der Waals surface area contributed by atoms with Crippen molar-refractivity contribution < 1.29 is 42.9 Å². The van der Waals surface area contributed by atoms with Gasteiger partial charge in [-0.25, -0.2) is 0 Å². The van der Waals surface area contributed by atoms with E-state index in [0.29, 0.717) is 17.4 Å². The first-order valence-corrected chi connectivity index (χ1v) is 33.0. The number of hydrogen-bond acceptors (Lipinski definition) is 8. The van der Waals surface area contributed by atoms with E-state index in [9.17, 15) is 19.5 Å². The van der Waals surface area contributed by atoms with Crippen LogP contribution in [0, 0.1) is 0 Å². The summed E-state index contributed by atoms with van der Waals surface area (Å²) >= 11 is 0. The molecule has 0 saturated carbocycles. The zero-order valence-electron chi connectivity index (χ0n) is 52.9. The van der Waals surface area contributed by atoms with Crippen LogP contribution in [0.15, 0.2) is 109 Å². The van der Waals surface area contributed by atoms with Gasteiger partial charge >= 0.3 is 11.9 Å². The third kappa shape index (κ3) is 63.4. The molecule has 0 rings (SSSR count). The van der Waals surface area contributed by atoms with E-state index in [1.807, 2.05) is 21.1 Å². The predicted molar refractivity (Wildman–Crippen MR) is 343 cm³/mol. The van der Waals surface area contributed by atoms with E-state index in [-0.39, 0.29) is 38.6 Å². The number of carbonyl (C=O) groups excluding carboxylic acids is 3. The zero-order chi connectivity index (χ0) is 59.1. The highest BCUT2D eigenvalue weighted by molar-refractivity contribution is 5.70. The topological polar surface area (TPSA) is 111 Å². The third-order valence-electron chi connectivity index (χ3n) is 14.0. The lowest BCUT2D eigenvalue weighted by molar-refractivity contribution is -0.870. The molecule has 0 spiro atoms. The molecule has 0 N–H and O–H groups in total. The molecule has 0 amide bonds. The van der Waals surface area contributed by atoms with Crippen molar-refractivity contribution >= 4 is 17.9 Å². The molecule has 0 bridgehead atoms. The van der Waals surface area contributed by atoms with Gasteiger partial charge in [-0.2, -0.15) is 0 Å². The summed E-state index contributed by atoms with van der Waals surface area (Å²) in [4.78, 5) is 37.4. The number of carboxylic acid groups (broad SMARTS) is 1. The Labute approximate surface area is 498 Å². The Balaban J connectivity index is 4.10. The summed E-state index contributed by atoms with van der Waals surface area (Å²) in [5, 5.41) is 11.8. The van der Waals surface area contributed by atoms with Crippen LogP contribution in [0.2, 0.25) is 0 Å². The second-order valence-electron chi connectivity index (χ2n) is 23.0. The summed E-state index contributed by atoms with van der Waals surface area (Å²) in [5.74, 6) is -2.30. The molecule has 2 unspecified atom stereocenters. The molecule has 0 radical (unpaired) electrons. The Morgan fingerprint density at radius 3 is 1.05 bits per heavy atom. The number of hydrogen-bond donors (Lipinski definition) is 0. The van der Waals surface area contributed by atoms with E-state index >= 15 is 0 Å². The molecular weight excluding hydrogens is 1010 g/mol. The highest BCUT2D eigenvalue weighted by Gasteiger charge is 2.22. The minimum absolute atomic E-state index is 0.142. The zero-order valence-corrected chi connectivity index (χ0v) is 52.9. The largest absolute Gasteiger partial charge is 0.545 e. The van der Waals surface area contributed by atoms with Crippen LogP contribution in [0.3, 0.4) is 0 Å². The Hall–Kier alpha value is -4.05. The number of unbranched alkanes of at least 4 members (excludes halogenated alkanes) is 27. The van der Waals surface area contributed by atoms with E-state index in [0.717, 1.165) is 103 Å². The molecule has 9 nitrogen and oxygen atoms in total. The number of allylic oxidation sites excluding steroid dienone is 18. The Kier molecular flexibility index (Phi) is 58.9. The monoisotopic (exact) mass is 1130 g/mol. The third-order valence-corrected chi connectivity index (χ3v) is 14.0. The molecule has 0 aliphatic carbocycles. The number of nitrogens with zero attached hydrogens (tertiary/aromatic N) is 1.